The van der Waals surface area contributed by atoms with Gasteiger partial charge in [0.15, 0.2) is 12.4 Å². The SMILES string of the molecule is CCC(C)NC(=O)COC(=O)CCC(=O)c1cc(Br)ccc1OC. The van der Waals surface area contributed by atoms with E-state index in [0.29, 0.717) is 11.3 Å². The first-order valence-electron chi connectivity index (χ1n) is 7.69. The lowest BCUT2D eigenvalue weighted by molar-refractivity contribution is -0.148. The highest BCUT2D eigenvalue weighted by Crippen LogP contribution is 2.24. The van der Waals surface area contributed by atoms with Crippen molar-refractivity contribution in [2.45, 2.75) is 39.2 Å². The van der Waals surface area contributed by atoms with Crippen molar-refractivity contribution in [1.29, 1.82) is 0 Å². The number of carbonyl (C=O) groups is 3. The molecule has 0 saturated heterocycles. The number of rotatable bonds is 9. The highest BCUT2D eigenvalue weighted by Gasteiger charge is 2.16. The van der Waals surface area contributed by atoms with Gasteiger partial charge in [0, 0.05) is 16.9 Å². The Bertz CT molecular complexity index is 603. The second kappa shape index (κ2) is 10.1. The van der Waals surface area contributed by atoms with Crippen LogP contribution in [0.4, 0.5) is 0 Å². The molecule has 1 amide bonds. The van der Waals surface area contributed by atoms with Crippen LogP contribution in [0.5, 0.6) is 5.75 Å². The highest BCUT2D eigenvalue weighted by molar-refractivity contribution is 9.10. The molecule has 0 saturated carbocycles. The third kappa shape index (κ3) is 6.70. The number of hydrogen-bond acceptors (Lipinski definition) is 5. The van der Waals surface area contributed by atoms with Crippen molar-refractivity contribution in [3.63, 3.8) is 0 Å². The van der Waals surface area contributed by atoms with E-state index < -0.39 is 5.97 Å². The van der Waals surface area contributed by atoms with Gasteiger partial charge >= 0.3 is 5.97 Å². The van der Waals surface area contributed by atoms with Crippen molar-refractivity contribution in [3.8, 4) is 5.75 Å². The highest BCUT2D eigenvalue weighted by atomic mass is 79.9. The van der Waals surface area contributed by atoms with E-state index in [4.69, 9.17) is 9.47 Å². The van der Waals surface area contributed by atoms with Crippen LogP contribution in [0.3, 0.4) is 0 Å². The number of ether oxygens (including phenoxy) is 2. The summed E-state index contributed by atoms with van der Waals surface area (Å²) in [7, 11) is 1.48. The Labute approximate surface area is 150 Å². The molecule has 1 atom stereocenters. The molecule has 1 unspecified atom stereocenters. The lowest BCUT2D eigenvalue weighted by atomic mass is 10.1. The Morgan fingerprint density at radius 2 is 1.96 bits per heavy atom. The van der Waals surface area contributed by atoms with E-state index >= 15 is 0 Å². The number of Topliss-reactive ketones (excluding diaryl/α,β-unsaturated/α-hetero) is 1. The zero-order valence-electron chi connectivity index (χ0n) is 14.1. The fourth-order valence-electron chi connectivity index (χ4n) is 1.89. The minimum absolute atomic E-state index is 0.0152. The number of benzene rings is 1. The van der Waals surface area contributed by atoms with Gasteiger partial charge in [-0.25, -0.2) is 0 Å². The summed E-state index contributed by atoms with van der Waals surface area (Å²) in [6.07, 6.45) is 0.687. The number of hydrogen-bond donors (Lipinski definition) is 1. The van der Waals surface area contributed by atoms with Gasteiger partial charge in [0.25, 0.3) is 5.91 Å². The van der Waals surface area contributed by atoms with E-state index in [0.717, 1.165) is 10.9 Å². The van der Waals surface area contributed by atoms with Crippen molar-refractivity contribution < 1.29 is 23.9 Å². The molecule has 0 aliphatic carbocycles. The molecule has 0 spiro atoms. The summed E-state index contributed by atoms with van der Waals surface area (Å²) in [5.41, 5.74) is 0.397. The molecule has 132 valence electrons. The number of esters is 1. The fourth-order valence-corrected chi connectivity index (χ4v) is 2.25. The molecular formula is C17H22BrNO5. The number of ketones is 1. The maximum absolute atomic E-state index is 12.2. The predicted molar refractivity (Wildman–Crippen MR) is 93.1 cm³/mol. The maximum Gasteiger partial charge on any atom is 0.306 e. The van der Waals surface area contributed by atoms with E-state index in [9.17, 15) is 14.4 Å². The van der Waals surface area contributed by atoms with Crippen LogP contribution in [0.1, 0.15) is 43.5 Å². The van der Waals surface area contributed by atoms with Crippen LogP contribution < -0.4 is 10.1 Å². The van der Waals surface area contributed by atoms with Crippen molar-refractivity contribution in [2.75, 3.05) is 13.7 Å². The lowest BCUT2D eigenvalue weighted by Crippen LogP contribution is -2.35. The minimum atomic E-state index is -0.586. The van der Waals surface area contributed by atoms with Gasteiger partial charge in [-0.2, -0.15) is 0 Å². The number of methoxy groups -OCH3 is 1. The molecule has 0 aliphatic heterocycles. The lowest BCUT2D eigenvalue weighted by Gasteiger charge is -2.11. The van der Waals surface area contributed by atoms with E-state index in [1.54, 1.807) is 18.2 Å². The Hall–Kier alpha value is -1.89. The molecule has 1 N–H and O–H groups in total. The molecular weight excluding hydrogens is 378 g/mol. The smallest absolute Gasteiger partial charge is 0.306 e. The van der Waals surface area contributed by atoms with Crippen LogP contribution in [0, 0.1) is 0 Å². The molecule has 24 heavy (non-hydrogen) atoms. The summed E-state index contributed by atoms with van der Waals surface area (Å²) in [5, 5.41) is 2.69. The van der Waals surface area contributed by atoms with Crippen LogP contribution in [-0.4, -0.2) is 37.4 Å². The Morgan fingerprint density at radius 3 is 2.58 bits per heavy atom. The molecule has 1 aromatic carbocycles. The average Bonchev–Trinajstić information content (AvgIpc) is 2.57. The Morgan fingerprint density at radius 1 is 1.25 bits per heavy atom. The van der Waals surface area contributed by atoms with Crippen LogP contribution in [0.25, 0.3) is 0 Å². The molecule has 0 aromatic heterocycles. The van der Waals surface area contributed by atoms with E-state index in [1.165, 1.54) is 7.11 Å². The topological polar surface area (TPSA) is 81.7 Å². The van der Waals surface area contributed by atoms with Crippen molar-refractivity contribution in [3.05, 3.63) is 28.2 Å². The number of nitrogens with one attached hydrogen (secondary N) is 1. The normalized spacial score (nSPS) is 11.5. The van der Waals surface area contributed by atoms with Crippen LogP contribution >= 0.6 is 15.9 Å². The second-order valence-corrected chi connectivity index (χ2v) is 6.22. The summed E-state index contributed by atoms with van der Waals surface area (Å²) in [4.78, 5) is 35.4. The van der Waals surface area contributed by atoms with Crippen LogP contribution in [0.15, 0.2) is 22.7 Å². The predicted octanol–water partition coefficient (Wildman–Crippen LogP) is 2.88. The zero-order valence-corrected chi connectivity index (χ0v) is 15.6. The summed E-state index contributed by atoms with van der Waals surface area (Å²) >= 11 is 3.30. The van der Waals surface area contributed by atoms with Crippen molar-refractivity contribution >= 4 is 33.6 Å². The van der Waals surface area contributed by atoms with Crippen LogP contribution in [0.2, 0.25) is 0 Å². The number of halogens is 1. The molecule has 0 aliphatic rings. The minimum Gasteiger partial charge on any atom is -0.496 e. The third-order valence-electron chi connectivity index (χ3n) is 3.40. The largest absolute Gasteiger partial charge is 0.496 e. The first kappa shape index (κ1) is 20.2. The molecule has 7 heteroatoms. The van der Waals surface area contributed by atoms with Gasteiger partial charge in [-0.05, 0) is 31.5 Å². The summed E-state index contributed by atoms with van der Waals surface area (Å²) in [6.45, 7) is 3.47. The molecule has 1 rings (SSSR count). The van der Waals surface area contributed by atoms with Crippen LogP contribution in [-0.2, 0) is 14.3 Å². The summed E-state index contributed by atoms with van der Waals surface area (Å²) in [5.74, 6) is -0.715. The fraction of sp³-hybridized carbons (Fsp3) is 0.471. The van der Waals surface area contributed by atoms with Crippen molar-refractivity contribution in [1.82, 2.24) is 5.32 Å². The molecule has 6 nitrogen and oxygen atoms in total. The first-order chi connectivity index (χ1) is 11.4. The van der Waals surface area contributed by atoms with E-state index in [1.807, 2.05) is 13.8 Å². The standard InChI is InChI=1S/C17H22BrNO5/c1-4-11(2)19-16(21)10-24-17(22)8-6-14(20)13-9-12(18)5-7-15(13)23-3/h5,7,9,11H,4,6,8,10H2,1-3H3,(H,19,21). The maximum atomic E-state index is 12.2. The van der Waals surface area contributed by atoms with Gasteiger partial charge in [-0.15, -0.1) is 0 Å². The third-order valence-corrected chi connectivity index (χ3v) is 3.90. The summed E-state index contributed by atoms with van der Waals surface area (Å²) < 4.78 is 10.8. The van der Waals surface area contributed by atoms with Gasteiger partial charge in [-0.1, -0.05) is 22.9 Å². The zero-order chi connectivity index (χ0) is 18.1. The monoisotopic (exact) mass is 399 g/mol. The Kier molecular flexibility index (Phi) is 8.46. The number of carbonyl (C=O) groups excluding carboxylic acids is 3. The average molecular weight is 400 g/mol. The Balaban J connectivity index is 2.46. The van der Waals surface area contributed by atoms with Crippen molar-refractivity contribution in [2.24, 2.45) is 0 Å². The molecule has 0 radical (unpaired) electrons. The molecule has 0 heterocycles. The molecule has 1 aromatic rings. The van der Waals surface area contributed by atoms with E-state index in [2.05, 4.69) is 21.2 Å². The van der Waals surface area contributed by atoms with Gasteiger partial charge in [-0.3, -0.25) is 14.4 Å². The van der Waals surface area contributed by atoms with Gasteiger partial charge in [0.2, 0.25) is 0 Å². The first-order valence-corrected chi connectivity index (χ1v) is 8.48. The van der Waals surface area contributed by atoms with Gasteiger partial charge in [0.05, 0.1) is 19.1 Å². The number of amides is 1. The summed E-state index contributed by atoms with van der Waals surface area (Å²) in [6, 6.07) is 5.11. The van der Waals surface area contributed by atoms with E-state index in [-0.39, 0.29) is 37.2 Å². The molecule has 0 fully saturated rings. The van der Waals surface area contributed by atoms with Gasteiger partial charge in [0.1, 0.15) is 5.75 Å². The molecule has 0 bridgehead atoms. The second-order valence-electron chi connectivity index (χ2n) is 5.31. The van der Waals surface area contributed by atoms with Gasteiger partial charge < -0.3 is 14.8 Å². The quantitative estimate of drug-likeness (QED) is 0.509.